The lowest BCUT2D eigenvalue weighted by atomic mass is 10.1. The van der Waals surface area contributed by atoms with Gasteiger partial charge in [-0.3, -0.25) is 0 Å². The van der Waals surface area contributed by atoms with Crippen molar-refractivity contribution in [3.63, 3.8) is 0 Å². The summed E-state index contributed by atoms with van der Waals surface area (Å²) in [5.74, 6) is -0.958. The number of hydrogen-bond donors (Lipinski definition) is 1. The van der Waals surface area contributed by atoms with Crippen molar-refractivity contribution in [2.75, 3.05) is 0 Å². The van der Waals surface area contributed by atoms with Crippen molar-refractivity contribution >= 4 is 18.4 Å². The van der Waals surface area contributed by atoms with Gasteiger partial charge in [0.1, 0.15) is 5.69 Å². The molecule has 0 saturated heterocycles. The monoisotopic (exact) mass is 252 g/mol. The summed E-state index contributed by atoms with van der Waals surface area (Å²) in [6.45, 7) is 1.95. The Kier molecular flexibility index (Phi) is 4.29. The molecule has 5 heteroatoms. The van der Waals surface area contributed by atoms with Crippen LogP contribution in [0.2, 0.25) is 0 Å². The lowest BCUT2D eigenvalue weighted by Gasteiger charge is -2.15. The van der Waals surface area contributed by atoms with Gasteiger partial charge in [0.2, 0.25) is 0 Å². The summed E-state index contributed by atoms with van der Waals surface area (Å²) in [5.41, 5.74) is 1.26. The van der Waals surface area contributed by atoms with Crippen molar-refractivity contribution in [3.8, 4) is 0 Å². The summed E-state index contributed by atoms with van der Waals surface area (Å²) in [4.78, 5) is 14.8. The smallest absolute Gasteiger partial charge is 0.354 e. The molecule has 2 rings (SSSR count). The van der Waals surface area contributed by atoms with Crippen molar-refractivity contribution in [2.45, 2.75) is 13.0 Å². The SMILES string of the molecule is CC(c1ccccc1)n1cncc1C(=O)O.Cl. The van der Waals surface area contributed by atoms with Gasteiger partial charge in [-0.25, -0.2) is 9.78 Å². The number of hydrogen-bond acceptors (Lipinski definition) is 2. The van der Waals surface area contributed by atoms with E-state index in [-0.39, 0.29) is 24.1 Å². The first-order valence-corrected chi connectivity index (χ1v) is 5.00. The summed E-state index contributed by atoms with van der Waals surface area (Å²) < 4.78 is 1.65. The van der Waals surface area contributed by atoms with E-state index in [9.17, 15) is 4.79 Å². The zero-order valence-corrected chi connectivity index (χ0v) is 10.1. The zero-order valence-electron chi connectivity index (χ0n) is 9.28. The number of benzene rings is 1. The first-order valence-electron chi connectivity index (χ1n) is 5.00. The number of carboxylic acids is 1. The Hall–Kier alpha value is -1.81. The average molecular weight is 253 g/mol. The van der Waals surface area contributed by atoms with Gasteiger partial charge in [-0.1, -0.05) is 30.3 Å². The number of aromatic nitrogens is 2. The maximum absolute atomic E-state index is 11.0. The van der Waals surface area contributed by atoms with Crippen LogP contribution in [0.5, 0.6) is 0 Å². The van der Waals surface area contributed by atoms with Gasteiger partial charge in [-0.15, -0.1) is 12.4 Å². The van der Waals surface area contributed by atoms with E-state index in [0.717, 1.165) is 5.56 Å². The fourth-order valence-electron chi connectivity index (χ4n) is 1.67. The Morgan fingerprint density at radius 1 is 1.35 bits per heavy atom. The highest BCUT2D eigenvalue weighted by Gasteiger charge is 2.15. The van der Waals surface area contributed by atoms with E-state index in [2.05, 4.69) is 4.98 Å². The third-order valence-corrected chi connectivity index (χ3v) is 2.58. The molecule has 1 aromatic carbocycles. The molecule has 0 radical (unpaired) electrons. The van der Waals surface area contributed by atoms with E-state index in [0.29, 0.717) is 0 Å². The number of aromatic carboxylic acids is 1. The minimum atomic E-state index is -0.958. The molecule has 0 saturated carbocycles. The van der Waals surface area contributed by atoms with Gasteiger partial charge in [-0.05, 0) is 12.5 Å². The van der Waals surface area contributed by atoms with Crippen molar-refractivity contribution in [2.24, 2.45) is 0 Å². The molecule has 0 aliphatic heterocycles. The molecule has 4 nitrogen and oxygen atoms in total. The van der Waals surface area contributed by atoms with Crippen LogP contribution in [0.4, 0.5) is 0 Å². The minimum absolute atomic E-state index is 0. The fourth-order valence-corrected chi connectivity index (χ4v) is 1.67. The molecule has 1 N–H and O–H groups in total. The lowest BCUT2D eigenvalue weighted by Crippen LogP contribution is -2.12. The topological polar surface area (TPSA) is 55.1 Å². The number of rotatable bonds is 3. The molecule has 1 atom stereocenters. The first kappa shape index (κ1) is 13.3. The van der Waals surface area contributed by atoms with E-state index in [1.54, 1.807) is 10.9 Å². The summed E-state index contributed by atoms with van der Waals surface area (Å²) in [5, 5.41) is 8.99. The summed E-state index contributed by atoms with van der Waals surface area (Å²) in [6.07, 6.45) is 2.91. The Morgan fingerprint density at radius 3 is 2.59 bits per heavy atom. The van der Waals surface area contributed by atoms with Crippen LogP contribution in [-0.2, 0) is 0 Å². The molecule has 0 spiro atoms. The van der Waals surface area contributed by atoms with Crippen molar-refractivity contribution < 1.29 is 9.90 Å². The second kappa shape index (κ2) is 5.50. The molecule has 1 aromatic heterocycles. The van der Waals surface area contributed by atoms with Gasteiger partial charge in [0, 0.05) is 0 Å². The number of halogens is 1. The van der Waals surface area contributed by atoms with Crippen molar-refractivity contribution in [1.82, 2.24) is 9.55 Å². The normalized spacial score (nSPS) is 11.6. The van der Waals surface area contributed by atoms with Crippen LogP contribution in [0.25, 0.3) is 0 Å². The molecular weight excluding hydrogens is 240 g/mol. The van der Waals surface area contributed by atoms with Gasteiger partial charge >= 0.3 is 5.97 Å². The Balaban J connectivity index is 0.00000144. The summed E-state index contributed by atoms with van der Waals surface area (Å²) in [7, 11) is 0. The fraction of sp³-hybridized carbons (Fsp3) is 0.167. The Morgan fingerprint density at radius 2 is 2.00 bits per heavy atom. The molecule has 2 aromatic rings. The third-order valence-electron chi connectivity index (χ3n) is 2.58. The van der Waals surface area contributed by atoms with Gasteiger partial charge < -0.3 is 9.67 Å². The second-order valence-electron chi connectivity index (χ2n) is 3.58. The van der Waals surface area contributed by atoms with Crippen molar-refractivity contribution in [3.05, 3.63) is 54.1 Å². The van der Waals surface area contributed by atoms with Gasteiger partial charge in [0.25, 0.3) is 0 Å². The molecule has 0 fully saturated rings. The Bertz CT molecular complexity index is 496. The van der Waals surface area contributed by atoms with Crippen LogP contribution in [-0.4, -0.2) is 20.6 Å². The minimum Gasteiger partial charge on any atom is -0.477 e. The average Bonchev–Trinajstić information content (AvgIpc) is 2.78. The molecule has 1 unspecified atom stereocenters. The van der Waals surface area contributed by atoms with Crippen LogP contribution in [0.3, 0.4) is 0 Å². The molecule has 1 heterocycles. The van der Waals surface area contributed by atoms with Gasteiger partial charge in [0.05, 0.1) is 18.6 Å². The van der Waals surface area contributed by atoms with Gasteiger partial charge in [-0.2, -0.15) is 0 Å². The van der Waals surface area contributed by atoms with E-state index in [4.69, 9.17) is 5.11 Å². The standard InChI is InChI=1S/C12H12N2O2.ClH/c1-9(10-5-3-2-4-6-10)14-8-13-7-11(14)12(15)16;/h2-9H,1H3,(H,15,16);1H. The maximum atomic E-state index is 11.0. The van der Waals surface area contributed by atoms with Crippen molar-refractivity contribution in [1.29, 1.82) is 0 Å². The lowest BCUT2D eigenvalue weighted by molar-refractivity contribution is 0.0684. The number of nitrogens with zero attached hydrogens (tertiary/aromatic N) is 2. The number of carboxylic acid groups (broad SMARTS) is 1. The Labute approximate surface area is 105 Å². The predicted octanol–water partition coefficient (Wildman–Crippen LogP) is 2.61. The molecule has 0 amide bonds. The third kappa shape index (κ3) is 2.65. The molecule has 0 aliphatic rings. The molecule has 90 valence electrons. The van der Waals surface area contributed by atoms with E-state index in [1.807, 2.05) is 37.3 Å². The summed E-state index contributed by atoms with van der Waals surface area (Å²) in [6, 6.07) is 9.70. The molecular formula is C12H13ClN2O2. The highest BCUT2D eigenvalue weighted by molar-refractivity contribution is 5.85. The van der Waals surface area contributed by atoms with Crippen LogP contribution in [0.15, 0.2) is 42.9 Å². The van der Waals surface area contributed by atoms with Crippen LogP contribution < -0.4 is 0 Å². The predicted molar refractivity (Wildman–Crippen MR) is 66.7 cm³/mol. The maximum Gasteiger partial charge on any atom is 0.354 e. The van der Waals surface area contributed by atoms with E-state index >= 15 is 0 Å². The van der Waals surface area contributed by atoms with Crippen LogP contribution in [0, 0.1) is 0 Å². The second-order valence-corrected chi connectivity index (χ2v) is 3.58. The highest BCUT2D eigenvalue weighted by Crippen LogP contribution is 2.19. The van der Waals surface area contributed by atoms with E-state index in [1.165, 1.54) is 6.20 Å². The number of imidazole rings is 1. The zero-order chi connectivity index (χ0) is 11.5. The van der Waals surface area contributed by atoms with E-state index < -0.39 is 5.97 Å². The first-order chi connectivity index (χ1) is 7.70. The molecule has 0 aliphatic carbocycles. The largest absolute Gasteiger partial charge is 0.477 e. The highest BCUT2D eigenvalue weighted by atomic mass is 35.5. The summed E-state index contributed by atoms with van der Waals surface area (Å²) >= 11 is 0. The number of carbonyl (C=O) groups is 1. The van der Waals surface area contributed by atoms with Crippen LogP contribution >= 0.6 is 12.4 Å². The quantitative estimate of drug-likeness (QED) is 0.914. The molecule has 17 heavy (non-hydrogen) atoms. The van der Waals surface area contributed by atoms with Gasteiger partial charge in [0.15, 0.2) is 0 Å². The van der Waals surface area contributed by atoms with Crippen LogP contribution in [0.1, 0.15) is 29.0 Å². The molecule has 0 bridgehead atoms.